The molecule has 202 valence electrons. The minimum atomic E-state index is -0.552. The Morgan fingerprint density at radius 2 is 1.82 bits per heavy atom. The number of nitrogens with one attached hydrogen (secondary N) is 2. The Balaban J connectivity index is 0.00000400. The molecule has 2 aromatic carbocycles. The van der Waals surface area contributed by atoms with E-state index >= 15 is 0 Å². The molecule has 2 N–H and O–H groups in total. The molecule has 38 heavy (non-hydrogen) atoms. The number of carbonyl (C=O) groups is 1. The SMILES string of the molecule is C[C@H](COc1ccc(-c2cnc3ccc(N[C@H](C)c4cccc(F)c4)nn23)cc1)NC(=O)OC(C)(C)C.Cl. The highest BCUT2D eigenvalue weighted by atomic mass is 35.5. The lowest BCUT2D eigenvalue weighted by Crippen LogP contribution is -2.40. The van der Waals surface area contributed by atoms with Gasteiger partial charge in [0.05, 0.1) is 24.0 Å². The summed E-state index contributed by atoms with van der Waals surface area (Å²) in [5, 5.41) is 10.8. The van der Waals surface area contributed by atoms with Crippen LogP contribution in [0, 0.1) is 5.82 Å². The molecular weight excluding hydrogens is 509 g/mol. The summed E-state index contributed by atoms with van der Waals surface area (Å²) in [4.78, 5) is 16.4. The van der Waals surface area contributed by atoms with E-state index in [0.29, 0.717) is 23.8 Å². The fourth-order valence-corrected chi connectivity index (χ4v) is 3.72. The predicted octanol–water partition coefficient (Wildman–Crippen LogP) is 6.42. The maximum Gasteiger partial charge on any atom is 0.407 e. The molecule has 2 heterocycles. The molecular formula is C28H33ClFN5O3. The van der Waals surface area contributed by atoms with E-state index in [1.165, 1.54) is 12.1 Å². The smallest absolute Gasteiger partial charge is 0.407 e. The van der Waals surface area contributed by atoms with Crippen LogP contribution in [0.1, 0.15) is 46.2 Å². The molecule has 0 saturated heterocycles. The second-order valence-corrected chi connectivity index (χ2v) is 9.94. The number of aromatic nitrogens is 3. The van der Waals surface area contributed by atoms with Crippen LogP contribution in [-0.2, 0) is 4.74 Å². The number of hydrogen-bond donors (Lipinski definition) is 2. The molecule has 8 nitrogen and oxygen atoms in total. The predicted molar refractivity (Wildman–Crippen MR) is 148 cm³/mol. The van der Waals surface area contributed by atoms with Crippen LogP contribution in [0.15, 0.2) is 66.9 Å². The second kappa shape index (κ2) is 12.1. The van der Waals surface area contributed by atoms with Crippen LogP contribution in [0.5, 0.6) is 5.75 Å². The number of fused-ring (bicyclic) bond motifs is 1. The van der Waals surface area contributed by atoms with Crippen LogP contribution in [0.4, 0.5) is 15.0 Å². The van der Waals surface area contributed by atoms with Gasteiger partial charge in [-0.3, -0.25) is 0 Å². The molecule has 0 saturated carbocycles. The van der Waals surface area contributed by atoms with Crippen LogP contribution < -0.4 is 15.4 Å². The summed E-state index contributed by atoms with van der Waals surface area (Å²) in [6.45, 7) is 9.56. The monoisotopic (exact) mass is 541 g/mol. The van der Waals surface area contributed by atoms with Crippen LogP contribution in [0.3, 0.4) is 0 Å². The van der Waals surface area contributed by atoms with Crippen molar-refractivity contribution in [2.24, 2.45) is 0 Å². The Morgan fingerprint density at radius 3 is 2.50 bits per heavy atom. The van der Waals surface area contributed by atoms with E-state index in [0.717, 1.165) is 16.8 Å². The van der Waals surface area contributed by atoms with E-state index in [2.05, 4.69) is 15.6 Å². The first kappa shape index (κ1) is 28.7. The average Bonchev–Trinajstić information content (AvgIpc) is 3.25. The molecule has 0 aliphatic heterocycles. The van der Waals surface area contributed by atoms with E-state index < -0.39 is 11.7 Å². The number of benzene rings is 2. The van der Waals surface area contributed by atoms with Gasteiger partial charge in [-0.15, -0.1) is 17.5 Å². The van der Waals surface area contributed by atoms with Gasteiger partial charge >= 0.3 is 6.09 Å². The number of anilines is 1. The fraction of sp³-hybridized carbons (Fsp3) is 0.321. The molecule has 4 aromatic rings. The van der Waals surface area contributed by atoms with Gasteiger partial charge in [-0.25, -0.2) is 18.7 Å². The molecule has 2 atom stereocenters. The van der Waals surface area contributed by atoms with Crippen molar-refractivity contribution in [2.45, 2.75) is 52.3 Å². The van der Waals surface area contributed by atoms with E-state index in [9.17, 15) is 9.18 Å². The minimum Gasteiger partial charge on any atom is -0.491 e. The van der Waals surface area contributed by atoms with Gasteiger partial charge in [0, 0.05) is 5.56 Å². The number of halogens is 2. The third-order valence-electron chi connectivity index (χ3n) is 5.49. The van der Waals surface area contributed by atoms with Gasteiger partial charge < -0.3 is 20.1 Å². The second-order valence-electron chi connectivity index (χ2n) is 9.94. The van der Waals surface area contributed by atoms with E-state index in [1.807, 2.05) is 77.1 Å². The van der Waals surface area contributed by atoms with Gasteiger partial charge in [-0.2, -0.15) is 0 Å². The van der Waals surface area contributed by atoms with Crippen LogP contribution in [0.2, 0.25) is 0 Å². The summed E-state index contributed by atoms with van der Waals surface area (Å²) in [6, 6.07) is 17.5. The lowest BCUT2D eigenvalue weighted by atomic mass is 10.1. The highest BCUT2D eigenvalue weighted by Crippen LogP contribution is 2.25. The van der Waals surface area contributed by atoms with Crippen LogP contribution in [0.25, 0.3) is 16.9 Å². The van der Waals surface area contributed by atoms with Gasteiger partial charge in [-0.1, -0.05) is 12.1 Å². The number of hydrogen-bond acceptors (Lipinski definition) is 6. The number of ether oxygens (including phenoxy) is 2. The molecule has 0 aliphatic rings. The third kappa shape index (κ3) is 7.58. The third-order valence-corrected chi connectivity index (χ3v) is 5.49. The lowest BCUT2D eigenvalue weighted by Gasteiger charge is -2.22. The zero-order valence-electron chi connectivity index (χ0n) is 22.1. The number of alkyl carbamates (subject to hydrolysis) is 1. The topological polar surface area (TPSA) is 89.8 Å². The quantitative estimate of drug-likeness (QED) is 0.267. The number of amides is 1. The lowest BCUT2D eigenvalue weighted by molar-refractivity contribution is 0.0494. The minimum absolute atomic E-state index is 0. The molecule has 4 rings (SSSR count). The highest BCUT2D eigenvalue weighted by Gasteiger charge is 2.18. The Labute approximate surface area is 228 Å². The zero-order chi connectivity index (χ0) is 26.6. The maximum absolute atomic E-state index is 13.6. The number of imidazole rings is 1. The van der Waals surface area contributed by atoms with Gasteiger partial charge in [0.1, 0.15) is 29.6 Å². The molecule has 0 unspecified atom stereocenters. The van der Waals surface area contributed by atoms with Crippen molar-refractivity contribution < 1.29 is 18.7 Å². The number of rotatable bonds is 8. The maximum atomic E-state index is 13.6. The Kier molecular flexibility index (Phi) is 9.17. The van der Waals surface area contributed by atoms with E-state index in [4.69, 9.17) is 14.6 Å². The molecule has 2 aromatic heterocycles. The largest absolute Gasteiger partial charge is 0.491 e. The van der Waals surface area contributed by atoms with Gasteiger partial charge in [0.2, 0.25) is 0 Å². The van der Waals surface area contributed by atoms with E-state index in [-0.39, 0.29) is 30.3 Å². The molecule has 0 fully saturated rings. The van der Waals surface area contributed by atoms with Crippen molar-refractivity contribution in [3.63, 3.8) is 0 Å². The van der Waals surface area contributed by atoms with Gasteiger partial charge in [0.25, 0.3) is 0 Å². The van der Waals surface area contributed by atoms with Crippen molar-refractivity contribution in [3.8, 4) is 17.0 Å². The molecule has 0 spiro atoms. The summed E-state index contributed by atoms with van der Waals surface area (Å²) in [6.07, 6.45) is 1.29. The number of carbonyl (C=O) groups excluding carboxylic acids is 1. The first-order chi connectivity index (χ1) is 17.6. The summed E-state index contributed by atoms with van der Waals surface area (Å²) >= 11 is 0. The van der Waals surface area contributed by atoms with Crippen molar-refractivity contribution in [1.29, 1.82) is 0 Å². The Bertz CT molecular complexity index is 1370. The zero-order valence-corrected chi connectivity index (χ0v) is 22.9. The highest BCUT2D eigenvalue weighted by molar-refractivity contribution is 5.85. The van der Waals surface area contributed by atoms with Gasteiger partial charge in [0.15, 0.2) is 5.65 Å². The summed E-state index contributed by atoms with van der Waals surface area (Å²) < 4.78 is 26.5. The van der Waals surface area contributed by atoms with Crippen LogP contribution >= 0.6 is 12.4 Å². The fourth-order valence-electron chi connectivity index (χ4n) is 3.72. The summed E-state index contributed by atoms with van der Waals surface area (Å²) in [5.74, 6) is 1.05. The number of nitrogens with zero attached hydrogens (tertiary/aromatic N) is 3. The molecule has 0 aliphatic carbocycles. The first-order valence-electron chi connectivity index (χ1n) is 12.2. The standard InChI is InChI=1S/C28H32FN5O3.ClH/c1-18(31-27(35)37-28(3,4)5)17-36-23-11-9-20(10-12-23)24-16-30-26-14-13-25(33-34(24)26)32-19(2)21-7-6-8-22(29)15-21;/h6-16,18-19H,17H2,1-5H3,(H,31,35)(H,32,33);1H/t18-,19-;/m1./s1. The normalized spacial score (nSPS) is 12.8. The summed E-state index contributed by atoms with van der Waals surface area (Å²) in [7, 11) is 0. The van der Waals surface area contributed by atoms with Crippen molar-refractivity contribution in [2.75, 3.05) is 11.9 Å². The molecule has 10 heteroatoms. The molecule has 1 amide bonds. The first-order valence-corrected chi connectivity index (χ1v) is 12.2. The average molecular weight is 542 g/mol. The molecule has 0 radical (unpaired) electrons. The Morgan fingerprint density at radius 1 is 1.08 bits per heavy atom. The van der Waals surface area contributed by atoms with E-state index in [1.54, 1.807) is 16.8 Å². The van der Waals surface area contributed by atoms with Crippen molar-refractivity contribution in [1.82, 2.24) is 19.9 Å². The van der Waals surface area contributed by atoms with Crippen LogP contribution in [-0.4, -0.2) is 38.9 Å². The van der Waals surface area contributed by atoms with Crippen molar-refractivity contribution >= 4 is 30.0 Å². The van der Waals surface area contributed by atoms with Gasteiger partial charge in [-0.05, 0) is 88.7 Å². The summed E-state index contributed by atoms with van der Waals surface area (Å²) in [5.41, 5.74) is 2.73. The van der Waals surface area contributed by atoms with Crippen molar-refractivity contribution in [3.05, 3.63) is 78.2 Å². The molecule has 0 bridgehead atoms. The Hall–Kier alpha value is -3.85.